The third kappa shape index (κ3) is 2.83. The second-order valence-electron chi connectivity index (χ2n) is 6.48. The van der Waals surface area contributed by atoms with Crippen LogP contribution < -0.4 is 9.64 Å². The Morgan fingerprint density at radius 1 is 1.35 bits per heavy atom. The summed E-state index contributed by atoms with van der Waals surface area (Å²) in [5.74, 6) is -3.90. The van der Waals surface area contributed by atoms with Gasteiger partial charge in [-0.1, -0.05) is 13.8 Å². The standard InChI is InChI=1S/C15H17F5N2O/c1-8(2)11-4-10-6-23-12-3-9(15(18,19)20)5-21-13(12)22(10)7-14(11,16)17/h3,5,8,10-11H,4,6-7H2,1-2H3. The van der Waals surface area contributed by atoms with Crippen molar-refractivity contribution in [3.63, 3.8) is 0 Å². The van der Waals surface area contributed by atoms with E-state index in [1.807, 2.05) is 0 Å². The van der Waals surface area contributed by atoms with Crippen molar-refractivity contribution in [2.24, 2.45) is 11.8 Å². The van der Waals surface area contributed by atoms with E-state index in [2.05, 4.69) is 4.98 Å². The number of hydrogen-bond acceptors (Lipinski definition) is 3. The van der Waals surface area contributed by atoms with Gasteiger partial charge in [-0.3, -0.25) is 0 Å². The average Bonchev–Trinajstić information content (AvgIpc) is 2.43. The van der Waals surface area contributed by atoms with Crippen molar-refractivity contribution >= 4 is 5.82 Å². The van der Waals surface area contributed by atoms with Crippen molar-refractivity contribution in [2.45, 2.75) is 38.4 Å². The highest BCUT2D eigenvalue weighted by Crippen LogP contribution is 2.46. The lowest BCUT2D eigenvalue weighted by atomic mass is 9.80. The number of piperidine rings is 1. The molecule has 1 aromatic heterocycles. The van der Waals surface area contributed by atoms with Crippen molar-refractivity contribution in [2.75, 3.05) is 18.1 Å². The number of anilines is 1. The Morgan fingerprint density at radius 2 is 2.04 bits per heavy atom. The largest absolute Gasteiger partial charge is 0.488 e. The predicted molar refractivity (Wildman–Crippen MR) is 73.8 cm³/mol. The Hall–Kier alpha value is -1.60. The molecule has 1 fully saturated rings. The zero-order chi connectivity index (χ0) is 17.0. The molecule has 2 aliphatic heterocycles. The molecule has 2 unspecified atom stereocenters. The summed E-state index contributed by atoms with van der Waals surface area (Å²) in [4.78, 5) is 5.14. The highest BCUT2D eigenvalue weighted by atomic mass is 19.4. The minimum Gasteiger partial charge on any atom is -0.488 e. The molecule has 0 aromatic carbocycles. The van der Waals surface area contributed by atoms with E-state index in [9.17, 15) is 22.0 Å². The van der Waals surface area contributed by atoms with Gasteiger partial charge in [-0.15, -0.1) is 0 Å². The van der Waals surface area contributed by atoms with E-state index in [1.54, 1.807) is 13.8 Å². The maximum absolute atomic E-state index is 14.4. The van der Waals surface area contributed by atoms with Gasteiger partial charge >= 0.3 is 6.18 Å². The lowest BCUT2D eigenvalue weighted by Gasteiger charge is -2.47. The van der Waals surface area contributed by atoms with Gasteiger partial charge < -0.3 is 9.64 Å². The van der Waals surface area contributed by atoms with E-state index in [4.69, 9.17) is 4.74 Å². The van der Waals surface area contributed by atoms with Crippen molar-refractivity contribution < 1.29 is 26.7 Å². The van der Waals surface area contributed by atoms with Crippen LogP contribution in [0.3, 0.4) is 0 Å². The lowest BCUT2D eigenvalue weighted by Crippen LogP contribution is -2.58. The zero-order valence-corrected chi connectivity index (χ0v) is 12.7. The van der Waals surface area contributed by atoms with E-state index in [-0.39, 0.29) is 36.6 Å². The summed E-state index contributed by atoms with van der Waals surface area (Å²) >= 11 is 0. The van der Waals surface area contributed by atoms with Gasteiger partial charge in [0.25, 0.3) is 5.92 Å². The molecule has 0 radical (unpaired) electrons. The number of pyridine rings is 1. The molecule has 2 aliphatic rings. The van der Waals surface area contributed by atoms with Crippen molar-refractivity contribution in [3.8, 4) is 5.75 Å². The Labute approximate surface area is 130 Å². The summed E-state index contributed by atoms with van der Waals surface area (Å²) in [6.07, 6.45) is -3.65. The van der Waals surface area contributed by atoms with Gasteiger partial charge in [-0.25, -0.2) is 13.8 Å². The summed E-state index contributed by atoms with van der Waals surface area (Å²) in [7, 11) is 0. The summed E-state index contributed by atoms with van der Waals surface area (Å²) in [6, 6.07) is 0.532. The van der Waals surface area contributed by atoms with Crippen LogP contribution >= 0.6 is 0 Å². The van der Waals surface area contributed by atoms with Gasteiger partial charge in [0.15, 0.2) is 11.6 Å². The number of halogens is 5. The summed E-state index contributed by atoms with van der Waals surface area (Å²) < 4.78 is 72.3. The topological polar surface area (TPSA) is 25.4 Å². The van der Waals surface area contributed by atoms with Gasteiger partial charge in [0.2, 0.25) is 0 Å². The second-order valence-corrected chi connectivity index (χ2v) is 6.48. The molecule has 0 saturated carbocycles. The Kier molecular flexibility index (Phi) is 3.68. The Morgan fingerprint density at radius 3 is 2.65 bits per heavy atom. The highest BCUT2D eigenvalue weighted by molar-refractivity contribution is 5.57. The monoisotopic (exact) mass is 336 g/mol. The number of nitrogens with zero attached hydrogens (tertiary/aromatic N) is 2. The molecule has 0 aliphatic carbocycles. The van der Waals surface area contributed by atoms with E-state index in [0.717, 1.165) is 6.07 Å². The molecule has 3 heterocycles. The fourth-order valence-electron chi connectivity index (χ4n) is 3.33. The van der Waals surface area contributed by atoms with Gasteiger partial charge in [-0.2, -0.15) is 13.2 Å². The number of rotatable bonds is 1. The molecule has 1 aromatic rings. The molecule has 0 amide bonds. The Balaban J connectivity index is 1.93. The summed E-state index contributed by atoms with van der Waals surface area (Å²) in [5.41, 5.74) is -0.946. The van der Waals surface area contributed by atoms with Gasteiger partial charge in [0, 0.05) is 12.1 Å². The maximum atomic E-state index is 14.4. The van der Waals surface area contributed by atoms with E-state index in [0.29, 0.717) is 6.20 Å². The maximum Gasteiger partial charge on any atom is 0.418 e. The zero-order valence-electron chi connectivity index (χ0n) is 12.7. The van der Waals surface area contributed by atoms with Crippen molar-refractivity contribution in [3.05, 3.63) is 17.8 Å². The van der Waals surface area contributed by atoms with Crippen molar-refractivity contribution in [1.29, 1.82) is 0 Å². The number of ether oxygens (including phenoxy) is 1. The smallest absolute Gasteiger partial charge is 0.418 e. The molecule has 0 bridgehead atoms. The first-order chi connectivity index (χ1) is 10.6. The molecule has 3 nitrogen and oxygen atoms in total. The predicted octanol–water partition coefficient (Wildman–Crippen LogP) is 3.98. The molecule has 3 rings (SSSR count). The third-order valence-corrected chi connectivity index (χ3v) is 4.56. The minimum absolute atomic E-state index is 0.0659. The normalized spacial score (nSPS) is 26.5. The molecule has 128 valence electrons. The van der Waals surface area contributed by atoms with Crippen LogP contribution in [0, 0.1) is 11.8 Å². The average molecular weight is 336 g/mol. The van der Waals surface area contributed by atoms with Crippen LogP contribution in [-0.2, 0) is 6.18 Å². The number of hydrogen-bond donors (Lipinski definition) is 0. The number of alkyl halides is 5. The van der Waals surface area contributed by atoms with Crippen LogP contribution in [0.4, 0.5) is 27.8 Å². The summed E-state index contributed by atoms with van der Waals surface area (Å²) in [6.45, 7) is 3.05. The van der Waals surface area contributed by atoms with Crippen LogP contribution in [0.15, 0.2) is 12.3 Å². The SMILES string of the molecule is CC(C)C1CC2COc3cc(C(F)(F)F)cnc3N2CC1(F)F. The second kappa shape index (κ2) is 5.21. The highest BCUT2D eigenvalue weighted by Gasteiger charge is 2.51. The number of aromatic nitrogens is 1. The molecule has 2 atom stereocenters. The lowest BCUT2D eigenvalue weighted by molar-refractivity contribution is -0.138. The van der Waals surface area contributed by atoms with E-state index < -0.39 is 30.1 Å². The Bertz CT molecular complexity index is 602. The van der Waals surface area contributed by atoms with Gasteiger partial charge in [0.05, 0.1) is 18.2 Å². The molecule has 0 spiro atoms. The van der Waals surface area contributed by atoms with E-state index in [1.165, 1.54) is 4.90 Å². The fourth-order valence-corrected chi connectivity index (χ4v) is 3.33. The van der Waals surface area contributed by atoms with E-state index >= 15 is 0 Å². The van der Waals surface area contributed by atoms with Gasteiger partial charge in [0.1, 0.15) is 6.61 Å². The van der Waals surface area contributed by atoms with Crippen LogP contribution in [0.5, 0.6) is 5.75 Å². The fraction of sp³-hybridized carbons (Fsp3) is 0.667. The first kappa shape index (κ1) is 16.3. The third-order valence-electron chi connectivity index (χ3n) is 4.56. The molecular formula is C15H17F5N2O. The molecule has 0 N–H and O–H groups in total. The van der Waals surface area contributed by atoms with Crippen LogP contribution in [0.25, 0.3) is 0 Å². The molecular weight excluding hydrogens is 319 g/mol. The first-order valence-corrected chi connectivity index (χ1v) is 7.44. The first-order valence-electron chi connectivity index (χ1n) is 7.44. The van der Waals surface area contributed by atoms with Crippen LogP contribution in [0.1, 0.15) is 25.8 Å². The number of fused-ring (bicyclic) bond motifs is 3. The quantitative estimate of drug-likeness (QED) is 0.726. The van der Waals surface area contributed by atoms with Crippen molar-refractivity contribution in [1.82, 2.24) is 4.98 Å². The molecule has 1 saturated heterocycles. The minimum atomic E-state index is -4.54. The van der Waals surface area contributed by atoms with Crippen LogP contribution in [-0.4, -0.2) is 30.1 Å². The van der Waals surface area contributed by atoms with Gasteiger partial charge in [-0.05, 0) is 18.4 Å². The molecule has 23 heavy (non-hydrogen) atoms. The molecule has 8 heteroatoms. The van der Waals surface area contributed by atoms with Crippen LogP contribution in [0.2, 0.25) is 0 Å². The summed E-state index contributed by atoms with van der Waals surface area (Å²) in [5, 5.41) is 0.